The van der Waals surface area contributed by atoms with E-state index in [4.69, 9.17) is 0 Å². The van der Waals surface area contributed by atoms with Crippen molar-refractivity contribution in [3.63, 3.8) is 0 Å². The molecule has 0 spiro atoms. The number of nitrogens with zero attached hydrogens (tertiary/aromatic N) is 1. The summed E-state index contributed by atoms with van der Waals surface area (Å²) in [5, 5.41) is 3.34. The molecule has 2 fully saturated rings. The summed E-state index contributed by atoms with van der Waals surface area (Å²) in [4.78, 5) is 14.0. The van der Waals surface area contributed by atoms with E-state index in [1.54, 1.807) is 0 Å². The van der Waals surface area contributed by atoms with Crippen molar-refractivity contribution in [2.45, 2.75) is 45.2 Å². The Bertz CT molecular complexity index is 215. The van der Waals surface area contributed by atoms with Gasteiger partial charge in [-0.05, 0) is 32.6 Å². The number of carbonyl (C=O) groups is 1. The van der Waals surface area contributed by atoms with Crippen LogP contribution >= 0.6 is 0 Å². The standard InChI is InChI=1S/C11H20N2O/c1-8-6-12-7-9(2)13(8)11(14)5-10-3-4-10/h8-10,12H,3-7H2,1-2H3. The highest BCUT2D eigenvalue weighted by Crippen LogP contribution is 2.33. The van der Waals surface area contributed by atoms with Gasteiger partial charge in [0, 0.05) is 31.6 Å². The summed E-state index contributed by atoms with van der Waals surface area (Å²) in [6.07, 6.45) is 3.32. The first-order valence-corrected chi connectivity index (χ1v) is 5.70. The smallest absolute Gasteiger partial charge is 0.223 e. The first-order chi connectivity index (χ1) is 6.68. The highest BCUT2D eigenvalue weighted by molar-refractivity contribution is 5.77. The van der Waals surface area contributed by atoms with Crippen LogP contribution in [-0.4, -0.2) is 36.0 Å². The van der Waals surface area contributed by atoms with Gasteiger partial charge in [0.05, 0.1) is 0 Å². The monoisotopic (exact) mass is 196 g/mol. The predicted octanol–water partition coefficient (Wildman–Crippen LogP) is 0.995. The van der Waals surface area contributed by atoms with Crippen LogP contribution in [0.1, 0.15) is 33.1 Å². The van der Waals surface area contributed by atoms with Crippen LogP contribution in [0.5, 0.6) is 0 Å². The molecule has 0 radical (unpaired) electrons. The molecule has 0 aromatic rings. The normalized spacial score (nSPS) is 33.1. The summed E-state index contributed by atoms with van der Waals surface area (Å²) >= 11 is 0. The fourth-order valence-corrected chi connectivity index (χ4v) is 2.30. The molecule has 2 atom stereocenters. The minimum absolute atomic E-state index is 0.366. The molecule has 1 aliphatic heterocycles. The minimum atomic E-state index is 0.366. The van der Waals surface area contributed by atoms with Crippen LogP contribution in [0.3, 0.4) is 0 Å². The Hall–Kier alpha value is -0.570. The molecule has 0 aromatic heterocycles. The van der Waals surface area contributed by atoms with E-state index in [0.717, 1.165) is 19.5 Å². The molecule has 0 bridgehead atoms. The maximum Gasteiger partial charge on any atom is 0.223 e. The number of carbonyl (C=O) groups excluding carboxylic acids is 1. The third-order valence-electron chi connectivity index (χ3n) is 3.28. The van der Waals surface area contributed by atoms with E-state index in [1.165, 1.54) is 12.8 Å². The Morgan fingerprint density at radius 2 is 1.86 bits per heavy atom. The number of amides is 1. The van der Waals surface area contributed by atoms with E-state index >= 15 is 0 Å². The van der Waals surface area contributed by atoms with Gasteiger partial charge in [0.1, 0.15) is 0 Å². The van der Waals surface area contributed by atoms with Crippen molar-refractivity contribution < 1.29 is 4.79 Å². The number of rotatable bonds is 2. The lowest BCUT2D eigenvalue weighted by Crippen LogP contribution is -2.57. The number of piperazine rings is 1. The highest BCUT2D eigenvalue weighted by atomic mass is 16.2. The fraction of sp³-hybridized carbons (Fsp3) is 0.909. The van der Waals surface area contributed by atoms with Crippen LogP contribution in [0, 0.1) is 5.92 Å². The van der Waals surface area contributed by atoms with Crippen LogP contribution in [0.4, 0.5) is 0 Å². The molecule has 1 saturated carbocycles. The number of hydrogen-bond donors (Lipinski definition) is 1. The van der Waals surface area contributed by atoms with Crippen LogP contribution in [-0.2, 0) is 4.79 Å². The van der Waals surface area contributed by atoms with Crippen LogP contribution in [0.15, 0.2) is 0 Å². The second-order valence-corrected chi connectivity index (χ2v) is 4.80. The molecule has 2 rings (SSSR count). The van der Waals surface area contributed by atoms with Crippen molar-refractivity contribution in [3.05, 3.63) is 0 Å². The van der Waals surface area contributed by atoms with Gasteiger partial charge in [0.25, 0.3) is 0 Å². The lowest BCUT2D eigenvalue weighted by atomic mass is 10.1. The maximum absolute atomic E-state index is 12.0. The van der Waals surface area contributed by atoms with Gasteiger partial charge < -0.3 is 10.2 Å². The van der Waals surface area contributed by atoms with E-state index < -0.39 is 0 Å². The van der Waals surface area contributed by atoms with Crippen molar-refractivity contribution in [2.75, 3.05) is 13.1 Å². The average Bonchev–Trinajstić information content (AvgIpc) is 2.87. The van der Waals surface area contributed by atoms with Crippen molar-refractivity contribution in [3.8, 4) is 0 Å². The third-order valence-corrected chi connectivity index (χ3v) is 3.28. The van der Waals surface area contributed by atoms with Crippen LogP contribution in [0.2, 0.25) is 0 Å². The molecule has 1 amide bonds. The maximum atomic E-state index is 12.0. The molecule has 0 aromatic carbocycles. The number of hydrogen-bond acceptors (Lipinski definition) is 2. The van der Waals surface area contributed by atoms with E-state index in [9.17, 15) is 4.79 Å². The largest absolute Gasteiger partial charge is 0.335 e. The van der Waals surface area contributed by atoms with Crippen molar-refractivity contribution >= 4 is 5.91 Å². The molecular weight excluding hydrogens is 176 g/mol. The fourth-order valence-electron chi connectivity index (χ4n) is 2.30. The second kappa shape index (κ2) is 3.89. The molecular formula is C11H20N2O. The van der Waals surface area contributed by atoms with Gasteiger partial charge in [-0.1, -0.05) is 0 Å². The van der Waals surface area contributed by atoms with Crippen molar-refractivity contribution in [1.29, 1.82) is 0 Å². The van der Waals surface area contributed by atoms with Gasteiger partial charge in [-0.25, -0.2) is 0 Å². The summed E-state index contributed by atoms with van der Waals surface area (Å²) < 4.78 is 0. The lowest BCUT2D eigenvalue weighted by molar-refractivity contribution is -0.136. The van der Waals surface area contributed by atoms with E-state index in [1.807, 2.05) is 0 Å². The van der Waals surface area contributed by atoms with Gasteiger partial charge in [-0.2, -0.15) is 0 Å². The van der Waals surface area contributed by atoms with Crippen molar-refractivity contribution in [1.82, 2.24) is 10.2 Å². The molecule has 1 saturated heterocycles. The summed E-state index contributed by atoms with van der Waals surface area (Å²) in [7, 11) is 0. The van der Waals surface area contributed by atoms with Gasteiger partial charge in [-0.3, -0.25) is 4.79 Å². The molecule has 2 unspecified atom stereocenters. The predicted molar refractivity (Wildman–Crippen MR) is 56.0 cm³/mol. The molecule has 1 N–H and O–H groups in total. The van der Waals surface area contributed by atoms with E-state index in [-0.39, 0.29) is 0 Å². The Labute approximate surface area is 85.8 Å². The minimum Gasteiger partial charge on any atom is -0.335 e. The van der Waals surface area contributed by atoms with E-state index in [0.29, 0.717) is 23.9 Å². The van der Waals surface area contributed by atoms with Crippen LogP contribution < -0.4 is 5.32 Å². The second-order valence-electron chi connectivity index (χ2n) is 4.80. The molecule has 1 heterocycles. The molecule has 14 heavy (non-hydrogen) atoms. The van der Waals surface area contributed by atoms with Gasteiger partial charge in [0.15, 0.2) is 0 Å². The quantitative estimate of drug-likeness (QED) is 0.714. The van der Waals surface area contributed by atoms with Crippen molar-refractivity contribution in [2.24, 2.45) is 5.92 Å². The Morgan fingerprint density at radius 3 is 2.36 bits per heavy atom. The molecule has 80 valence electrons. The molecule has 3 heteroatoms. The van der Waals surface area contributed by atoms with Gasteiger partial charge in [0.2, 0.25) is 5.91 Å². The van der Waals surface area contributed by atoms with Gasteiger partial charge >= 0.3 is 0 Å². The summed E-state index contributed by atoms with van der Waals surface area (Å²) in [6.45, 7) is 6.16. The van der Waals surface area contributed by atoms with Gasteiger partial charge in [-0.15, -0.1) is 0 Å². The zero-order chi connectivity index (χ0) is 10.1. The molecule has 1 aliphatic carbocycles. The molecule has 3 nitrogen and oxygen atoms in total. The Balaban J connectivity index is 1.93. The van der Waals surface area contributed by atoms with E-state index in [2.05, 4.69) is 24.1 Å². The third kappa shape index (κ3) is 2.08. The molecule has 2 aliphatic rings. The topological polar surface area (TPSA) is 32.3 Å². The SMILES string of the molecule is CC1CNCC(C)N1C(=O)CC1CC1. The zero-order valence-electron chi connectivity index (χ0n) is 9.12. The Morgan fingerprint density at radius 1 is 1.29 bits per heavy atom. The first-order valence-electron chi connectivity index (χ1n) is 5.70. The highest BCUT2D eigenvalue weighted by Gasteiger charge is 2.32. The summed E-state index contributed by atoms with van der Waals surface area (Å²) in [6, 6.07) is 0.731. The average molecular weight is 196 g/mol. The zero-order valence-corrected chi connectivity index (χ0v) is 9.12. The number of nitrogens with one attached hydrogen (secondary N) is 1. The van der Waals surface area contributed by atoms with Crippen LogP contribution in [0.25, 0.3) is 0 Å². The first kappa shape index (κ1) is 9.97. The lowest BCUT2D eigenvalue weighted by Gasteiger charge is -2.39. The Kier molecular flexibility index (Phi) is 2.77. The summed E-state index contributed by atoms with van der Waals surface area (Å²) in [5.74, 6) is 1.07. The summed E-state index contributed by atoms with van der Waals surface area (Å²) in [5.41, 5.74) is 0.